The molecule has 0 unspecified atom stereocenters. The predicted molar refractivity (Wildman–Crippen MR) is 465 cm³/mol. The first kappa shape index (κ1) is 101. The number of carboxylic acids is 3. The van der Waals surface area contributed by atoms with Crippen LogP contribution >= 0.6 is 11.8 Å². The number of carboxylic acid groups (broad SMARTS) is 3. The number of nitrogens with zero attached hydrogens (tertiary/aromatic N) is 5. The van der Waals surface area contributed by atoms with E-state index in [0.717, 1.165) is 31.5 Å². The van der Waals surface area contributed by atoms with Gasteiger partial charge in [0.15, 0.2) is 0 Å². The number of unbranched alkanes of at least 4 members (excludes halogenated alkanes) is 1. The van der Waals surface area contributed by atoms with Gasteiger partial charge in [-0.25, -0.2) is 0 Å². The molecule has 710 valence electrons. The van der Waals surface area contributed by atoms with Gasteiger partial charge in [0.1, 0.15) is 90.3 Å². The number of benzene rings is 3. The quantitative estimate of drug-likeness (QED) is 0.0290. The van der Waals surface area contributed by atoms with E-state index < -0.39 is 292 Å². The number of hydrogen-bond donors (Lipinski definition) is 21. The van der Waals surface area contributed by atoms with Crippen LogP contribution in [-0.4, -0.2) is 345 Å². The molecular formula is C85H113N19O26S. The molecule has 4 aliphatic rings. The molecule has 131 heavy (non-hydrogen) atoms. The van der Waals surface area contributed by atoms with E-state index in [9.17, 15) is 98.1 Å². The second-order valence-corrected chi connectivity index (χ2v) is 33.6. The second-order valence-electron chi connectivity index (χ2n) is 32.6. The zero-order valence-electron chi connectivity index (χ0n) is 72.3. The van der Waals surface area contributed by atoms with Crippen molar-refractivity contribution in [3.05, 3.63) is 102 Å². The largest absolute Gasteiger partial charge is 0.508 e. The van der Waals surface area contributed by atoms with Crippen molar-refractivity contribution in [3.63, 3.8) is 0 Å². The van der Waals surface area contributed by atoms with Gasteiger partial charge in [-0.05, 0) is 92.3 Å². The Bertz CT molecular complexity index is 5030. The van der Waals surface area contributed by atoms with Crippen LogP contribution in [0.15, 0.2) is 85.2 Å². The number of nitrogens with two attached hydrogens (primary N) is 2. The third kappa shape index (κ3) is 27.4. The van der Waals surface area contributed by atoms with Crippen molar-refractivity contribution >= 4 is 146 Å². The van der Waals surface area contributed by atoms with Gasteiger partial charge in [0, 0.05) is 119 Å². The van der Waals surface area contributed by atoms with Gasteiger partial charge in [0.05, 0.1) is 38.0 Å². The summed E-state index contributed by atoms with van der Waals surface area (Å²) < 4.78 is 0. The number of aliphatic hydroxyl groups excluding tert-OH is 3. The molecule has 3 aromatic carbocycles. The van der Waals surface area contributed by atoms with Crippen molar-refractivity contribution in [1.29, 1.82) is 0 Å². The topological polar surface area (TPSA) is 686 Å². The third-order valence-electron chi connectivity index (χ3n) is 23.3. The Morgan fingerprint density at radius 3 is 1.58 bits per heavy atom. The van der Waals surface area contributed by atoms with Gasteiger partial charge in [0.25, 0.3) is 0 Å². The summed E-state index contributed by atoms with van der Waals surface area (Å²) >= 11 is 0.663. The van der Waals surface area contributed by atoms with Crippen LogP contribution in [0.5, 0.6) is 5.75 Å². The minimum Gasteiger partial charge on any atom is -0.508 e. The number of aliphatic carboxylic acids is 3. The van der Waals surface area contributed by atoms with Crippen LogP contribution in [0.25, 0.3) is 21.8 Å². The normalized spacial score (nSPS) is 25.6. The molecule has 23 N–H and O–H groups in total. The minimum atomic E-state index is -1.98. The standard InChI is InChI=1S/C85H113N19O26S/c1-4-5-17-64-85(130)101(3)66(41-106)80(125)92-53(24-26-69(111)112)73(118)99-61(72(117)90-38-67(87)109)42-131-43-68(110)91-56(30-44-20-22-47(107)23-21-44)83(128)102-28-11-10-18-62(102)77(122)96-58(34-71(115)116)84(129)103-29-12-19-63(103)78(123)97-59(35-86)75(120)93-54(25-27-70(113)114)82(127)104-39-48(108)33-65(104)79(124)94-55(31-45-36-88-51-15-8-6-13-49(45)51)74(119)98-60(40-105)76(121)95-57(81(126)100(64)2)32-46-37-89-52-16-9-7-14-50(46)52/h6-9,13-16,20-23,36-37,48,53-66,88-89,105-108H,4-5,10-12,17-19,24-35,38-43,86H2,1-3H3,(H2,87,109)(H,90,117)(H,91,110)(H,92,125)(H,93,120)(H,94,124)(H,95,121)(H,96,122)(H,97,123)(H,98,119)(H,99,118)(H,111,112)(H,113,114)(H,115,116)/t48-,53+,54+,55+,56+,57+,58+,59+,60+,61+,62+,63+,64+,65+,66+/m1/s1. The van der Waals surface area contributed by atoms with Crippen molar-refractivity contribution in [1.82, 2.24) is 87.6 Å². The highest BCUT2D eigenvalue weighted by Crippen LogP contribution is 2.28. The van der Waals surface area contributed by atoms with Crippen molar-refractivity contribution < 1.29 is 127 Å². The molecule has 5 aromatic rings. The number of aromatic amines is 2. The SMILES string of the molecule is CCCC[C@H]1C(=O)N(C)[C@@H](CO)C(=O)N[C@@H](CCC(=O)O)C(=O)N[C@H](C(=O)NCC(N)=O)CSCC(=O)N[C@@H](Cc2ccc(O)cc2)C(=O)N2CCCC[C@H]2C(=O)N[C@@H](CC(=O)O)C(=O)N2CCC[C@H]2C(=O)N[C@@H](CN)C(=O)N[C@@H](CCC(=O)O)C(=O)N2C[C@H](O)C[C@H]2C(=O)N[C@@H](Cc2c[nH]c3ccccc23)C(=O)N[C@@H](CO)C(=O)N[C@@H](Cc2c[nH]c3ccccc23)C(=O)N1C. The van der Waals surface area contributed by atoms with Crippen LogP contribution in [0.1, 0.15) is 114 Å². The summed E-state index contributed by atoms with van der Waals surface area (Å²) in [5.41, 5.74) is 13.8. The zero-order valence-corrected chi connectivity index (χ0v) is 73.1. The molecule has 46 heteroatoms. The highest BCUT2D eigenvalue weighted by atomic mass is 32.2. The first-order valence-corrected chi connectivity index (χ1v) is 44.0. The number of thioether (sulfide) groups is 1. The number of phenolic OH excluding ortho intramolecular Hbond substituents is 1. The highest BCUT2D eigenvalue weighted by molar-refractivity contribution is 8.00. The van der Waals surface area contributed by atoms with Crippen molar-refractivity contribution in [3.8, 4) is 5.75 Å². The van der Waals surface area contributed by atoms with E-state index in [0.29, 0.717) is 63.1 Å². The number of phenols is 1. The molecule has 45 nitrogen and oxygen atoms in total. The molecule has 16 amide bonds. The van der Waals surface area contributed by atoms with Crippen LogP contribution < -0.4 is 64.6 Å². The molecule has 9 rings (SSSR count). The molecule has 15 atom stereocenters. The smallest absolute Gasteiger partial charge is 0.305 e. The van der Waals surface area contributed by atoms with Crippen LogP contribution in [0.4, 0.5) is 0 Å². The third-order valence-corrected chi connectivity index (χ3v) is 24.3. The molecule has 0 bridgehead atoms. The Morgan fingerprint density at radius 2 is 0.992 bits per heavy atom. The van der Waals surface area contributed by atoms with Gasteiger partial charge in [-0.1, -0.05) is 68.3 Å². The molecule has 4 saturated heterocycles. The second kappa shape index (κ2) is 47.8. The van der Waals surface area contributed by atoms with Crippen LogP contribution in [-0.2, 0) is 110 Å². The van der Waals surface area contributed by atoms with Gasteiger partial charge in [-0.3, -0.25) is 91.1 Å². The molecular weight excluding hydrogens is 1740 g/mol. The number of hydrogen-bond acceptors (Lipinski definition) is 25. The summed E-state index contributed by atoms with van der Waals surface area (Å²) in [6, 6.07) is -5.42. The molecule has 0 saturated carbocycles. The molecule has 0 aliphatic carbocycles. The van der Waals surface area contributed by atoms with Crippen LogP contribution in [0.3, 0.4) is 0 Å². The summed E-state index contributed by atoms with van der Waals surface area (Å²) in [5.74, 6) is -23.4. The number of H-pyrrole nitrogens is 2. The number of para-hydroxylation sites is 2. The minimum absolute atomic E-state index is 0.0824. The van der Waals surface area contributed by atoms with Crippen molar-refractivity contribution in [2.75, 3.05) is 71.5 Å². The highest BCUT2D eigenvalue weighted by Gasteiger charge is 2.47. The number of aromatic hydroxyl groups is 1. The number of carbonyl (C=O) groups is 19. The molecule has 0 spiro atoms. The fraction of sp³-hybridized carbons (Fsp3) is 0.518. The Balaban J connectivity index is 1.08. The number of primary amides is 1. The zero-order chi connectivity index (χ0) is 95.6. The van der Waals surface area contributed by atoms with E-state index in [2.05, 4.69) is 63.1 Å². The molecule has 4 aliphatic heterocycles. The van der Waals surface area contributed by atoms with E-state index in [4.69, 9.17) is 11.5 Å². The average Bonchev–Trinajstić information content (AvgIpc) is 1.80. The maximum absolute atomic E-state index is 15.5. The lowest BCUT2D eigenvalue weighted by Gasteiger charge is -2.38. The predicted octanol–water partition coefficient (Wildman–Crippen LogP) is -5.58. The first-order valence-electron chi connectivity index (χ1n) is 42.9. The van der Waals surface area contributed by atoms with Crippen LogP contribution in [0.2, 0.25) is 0 Å². The maximum atomic E-state index is 15.5. The van der Waals surface area contributed by atoms with E-state index in [1.54, 1.807) is 61.7 Å². The summed E-state index contributed by atoms with van der Waals surface area (Å²) in [5, 5.41) is 99.5. The molecule has 0 radical (unpaired) electrons. The van der Waals surface area contributed by atoms with Gasteiger partial charge < -0.3 is 135 Å². The Hall–Kier alpha value is -13.3. The number of piperidine rings is 1. The van der Waals surface area contributed by atoms with E-state index >= 15 is 28.8 Å². The lowest BCUT2D eigenvalue weighted by Crippen LogP contribution is -2.62. The number of rotatable bonds is 23. The maximum Gasteiger partial charge on any atom is 0.305 e. The van der Waals surface area contributed by atoms with E-state index in [1.807, 2.05) is 0 Å². The van der Waals surface area contributed by atoms with Gasteiger partial charge in [-0.2, -0.15) is 0 Å². The number of nitrogens with one attached hydrogen (secondary N) is 12. The lowest BCUT2D eigenvalue weighted by molar-refractivity contribution is -0.150. The summed E-state index contributed by atoms with van der Waals surface area (Å²) in [6.45, 7) is -3.15. The Labute approximate surface area is 754 Å². The summed E-state index contributed by atoms with van der Waals surface area (Å²) in [6.07, 6.45) is -3.22. The first-order chi connectivity index (χ1) is 62.4. The molecule has 2 aromatic heterocycles. The molecule has 4 fully saturated rings. The van der Waals surface area contributed by atoms with Crippen molar-refractivity contribution in [2.45, 2.75) is 207 Å². The van der Waals surface area contributed by atoms with E-state index in [-0.39, 0.29) is 70.2 Å². The number of fused-ring (bicyclic) bond motifs is 5. The number of aliphatic hydroxyl groups is 3. The van der Waals surface area contributed by atoms with Gasteiger partial charge >= 0.3 is 17.9 Å². The molecule has 6 heterocycles. The Morgan fingerprint density at radius 1 is 0.496 bits per heavy atom. The number of carbonyl (C=O) groups excluding carboxylic acids is 16. The summed E-state index contributed by atoms with van der Waals surface area (Å²) in [7, 11) is 2.29. The van der Waals surface area contributed by atoms with Crippen molar-refractivity contribution in [2.24, 2.45) is 11.5 Å². The number of amides is 16. The van der Waals surface area contributed by atoms with E-state index in [1.165, 1.54) is 37.5 Å². The number of likely N-dealkylation sites (N-methyl/N-ethyl adjacent to an activating group) is 2. The van der Waals surface area contributed by atoms with Gasteiger partial charge in [-0.15, -0.1) is 11.8 Å². The summed E-state index contributed by atoms with van der Waals surface area (Å²) in [4.78, 5) is 282. The average molecular weight is 1850 g/mol. The number of aromatic nitrogens is 2. The fourth-order valence-electron chi connectivity index (χ4n) is 16.3. The van der Waals surface area contributed by atoms with Gasteiger partial charge in [0.2, 0.25) is 94.5 Å². The fourth-order valence-corrected chi connectivity index (χ4v) is 17.1. The lowest BCUT2D eigenvalue weighted by atomic mass is 9.97. The Kier molecular flexibility index (Phi) is 37.0. The monoisotopic (exact) mass is 1850 g/mol. The van der Waals surface area contributed by atoms with Crippen LogP contribution in [0, 0.1) is 0 Å².